The van der Waals surface area contributed by atoms with Gasteiger partial charge in [0.2, 0.25) is 0 Å². The summed E-state index contributed by atoms with van der Waals surface area (Å²) in [7, 11) is 0. The predicted octanol–water partition coefficient (Wildman–Crippen LogP) is 6.00. The number of thiazole rings is 1. The maximum absolute atomic E-state index is 14.9. The van der Waals surface area contributed by atoms with Crippen LogP contribution < -0.4 is 5.32 Å². The fourth-order valence-electron chi connectivity index (χ4n) is 4.41. The first kappa shape index (κ1) is 21.2. The second-order valence-corrected chi connectivity index (χ2v) is 9.32. The molecule has 1 aliphatic rings. The quantitative estimate of drug-likeness (QED) is 0.375. The standard InChI is InChI=1S/C26H25F2N3S/c27-22-7-3-18(4-8-22)14-31(16-23-2-1-11-29-23)15-21-12-19(5-9-24(21)28)20-6-10-26-25(13-20)30-17-32-26/h3-10,12-13,17,23,29H,1-2,11,14-16H2/t23-/m1/s1. The van der Waals surface area contributed by atoms with Crippen LogP contribution in [0.3, 0.4) is 0 Å². The van der Waals surface area contributed by atoms with Crippen molar-refractivity contribution in [1.29, 1.82) is 0 Å². The van der Waals surface area contributed by atoms with Gasteiger partial charge in [-0.3, -0.25) is 4.90 Å². The summed E-state index contributed by atoms with van der Waals surface area (Å²) in [6.07, 6.45) is 2.29. The molecule has 1 atom stereocenters. The number of nitrogens with one attached hydrogen (secondary N) is 1. The molecule has 1 aliphatic heterocycles. The lowest BCUT2D eigenvalue weighted by Crippen LogP contribution is -2.37. The highest BCUT2D eigenvalue weighted by molar-refractivity contribution is 7.16. The first-order chi connectivity index (χ1) is 15.6. The molecule has 0 aliphatic carbocycles. The lowest BCUT2D eigenvalue weighted by atomic mass is 10.0. The summed E-state index contributed by atoms with van der Waals surface area (Å²) in [5.41, 5.74) is 6.51. The molecule has 5 rings (SSSR count). The average molecular weight is 450 g/mol. The van der Waals surface area contributed by atoms with Gasteiger partial charge in [0.05, 0.1) is 15.7 Å². The Kier molecular flexibility index (Phi) is 6.26. The average Bonchev–Trinajstić information content (AvgIpc) is 3.48. The third-order valence-electron chi connectivity index (χ3n) is 6.06. The lowest BCUT2D eigenvalue weighted by molar-refractivity contribution is 0.230. The Labute approximate surface area is 190 Å². The molecular formula is C26H25F2N3S. The summed E-state index contributed by atoms with van der Waals surface area (Å²) in [5, 5.41) is 3.53. The zero-order chi connectivity index (χ0) is 21.9. The van der Waals surface area contributed by atoms with Crippen molar-refractivity contribution in [2.24, 2.45) is 0 Å². The van der Waals surface area contributed by atoms with E-state index in [0.29, 0.717) is 24.7 Å². The Bertz CT molecular complexity index is 1200. The molecule has 4 aromatic rings. The van der Waals surface area contributed by atoms with Gasteiger partial charge in [0, 0.05) is 31.2 Å². The van der Waals surface area contributed by atoms with Crippen LogP contribution in [0.1, 0.15) is 24.0 Å². The molecule has 164 valence electrons. The van der Waals surface area contributed by atoms with E-state index in [1.165, 1.54) is 12.1 Å². The van der Waals surface area contributed by atoms with E-state index in [1.807, 2.05) is 17.6 Å². The number of nitrogens with zero attached hydrogens (tertiary/aromatic N) is 2. The van der Waals surface area contributed by atoms with Crippen LogP contribution in [-0.4, -0.2) is 29.0 Å². The van der Waals surface area contributed by atoms with Crippen LogP contribution in [-0.2, 0) is 13.1 Å². The first-order valence-electron chi connectivity index (χ1n) is 11.0. The van der Waals surface area contributed by atoms with Crippen molar-refractivity contribution in [2.75, 3.05) is 13.1 Å². The largest absolute Gasteiger partial charge is 0.313 e. The minimum Gasteiger partial charge on any atom is -0.313 e. The highest BCUT2D eigenvalue weighted by Gasteiger charge is 2.20. The normalized spacial score (nSPS) is 16.3. The van der Waals surface area contributed by atoms with Crippen molar-refractivity contribution in [3.05, 3.63) is 88.9 Å². The molecule has 0 saturated carbocycles. The van der Waals surface area contributed by atoms with E-state index >= 15 is 0 Å². The fraction of sp³-hybridized carbons (Fsp3) is 0.269. The summed E-state index contributed by atoms with van der Waals surface area (Å²) in [5.74, 6) is -0.444. The lowest BCUT2D eigenvalue weighted by Gasteiger charge is -2.26. The van der Waals surface area contributed by atoms with Crippen LogP contribution in [0.4, 0.5) is 8.78 Å². The van der Waals surface area contributed by atoms with Gasteiger partial charge in [-0.15, -0.1) is 11.3 Å². The van der Waals surface area contributed by atoms with E-state index in [9.17, 15) is 8.78 Å². The molecule has 0 unspecified atom stereocenters. The van der Waals surface area contributed by atoms with Gasteiger partial charge in [0.15, 0.2) is 0 Å². The van der Waals surface area contributed by atoms with E-state index in [0.717, 1.165) is 52.8 Å². The zero-order valence-corrected chi connectivity index (χ0v) is 18.5. The molecule has 1 aromatic heterocycles. The molecule has 3 aromatic carbocycles. The van der Waals surface area contributed by atoms with Crippen molar-refractivity contribution in [3.63, 3.8) is 0 Å². The molecule has 0 bridgehead atoms. The molecule has 1 N–H and O–H groups in total. The minimum absolute atomic E-state index is 0.202. The molecule has 0 radical (unpaired) electrons. The van der Waals surface area contributed by atoms with E-state index in [4.69, 9.17) is 0 Å². The molecule has 1 fully saturated rings. The Morgan fingerprint density at radius 2 is 1.78 bits per heavy atom. The monoisotopic (exact) mass is 449 g/mol. The van der Waals surface area contributed by atoms with Crippen molar-refractivity contribution in [1.82, 2.24) is 15.2 Å². The number of hydrogen-bond acceptors (Lipinski definition) is 4. The molecule has 0 spiro atoms. The molecule has 32 heavy (non-hydrogen) atoms. The Hall–Kier alpha value is -2.67. The van der Waals surface area contributed by atoms with Crippen LogP contribution in [0.5, 0.6) is 0 Å². The SMILES string of the molecule is Fc1ccc(CN(Cc2cc(-c3ccc4scnc4c3)ccc2F)C[C@H]2CCCN2)cc1. The minimum atomic E-state index is -0.242. The first-order valence-corrected chi connectivity index (χ1v) is 11.8. The van der Waals surface area contributed by atoms with E-state index in [2.05, 4.69) is 33.4 Å². The number of hydrogen-bond donors (Lipinski definition) is 1. The van der Waals surface area contributed by atoms with Crippen molar-refractivity contribution in [3.8, 4) is 11.1 Å². The molecule has 1 saturated heterocycles. The van der Waals surface area contributed by atoms with Gasteiger partial charge in [-0.25, -0.2) is 13.8 Å². The summed E-state index contributed by atoms with van der Waals surface area (Å²) in [6, 6.07) is 18.5. The number of fused-ring (bicyclic) bond motifs is 1. The van der Waals surface area contributed by atoms with Crippen molar-refractivity contribution < 1.29 is 8.78 Å². The van der Waals surface area contributed by atoms with E-state index in [1.54, 1.807) is 29.5 Å². The molecule has 3 nitrogen and oxygen atoms in total. The second-order valence-electron chi connectivity index (χ2n) is 8.43. The molecule has 2 heterocycles. The smallest absolute Gasteiger partial charge is 0.127 e. The van der Waals surface area contributed by atoms with Crippen molar-refractivity contribution in [2.45, 2.75) is 32.0 Å². The van der Waals surface area contributed by atoms with Gasteiger partial charge < -0.3 is 5.32 Å². The fourth-order valence-corrected chi connectivity index (χ4v) is 5.07. The Morgan fingerprint density at radius 3 is 2.59 bits per heavy atom. The molecule has 0 amide bonds. The predicted molar refractivity (Wildman–Crippen MR) is 127 cm³/mol. The third kappa shape index (κ3) is 4.88. The highest BCUT2D eigenvalue weighted by atomic mass is 32.1. The van der Waals surface area contributed by atoms with Crippen LogP contribution in [0.2, 0.25) is 0 Å². The molecule has 6 heteroatoms. The van der Waals surface area contributed by atoms with Crippen LogP contribution >= 0.6 is 11.3 Å². The summed E-state index contributed by atoms with van der Waals surface area (Å²) < 4.78 is 29.4. The highest BCUT2D eigenvalue weighted by Crippen LogP contribution is 2.28. The maximum Gasteiger partial charge on any atom is 0.127 e. The maximum atomic E-state index is 14.9. The second kappa shape index (κ2) is 9.45. The van der Waals surface area contributed by atoms with Crippen molar-refractivity contribution >= 4 is 21.6 Å². The number of benzene rings is 3. The summed E-state index contributed by atoms with van der Waals surface area (Å²) in [4.78, 5) is 6.66. The number of aromatic nitrogens is 1. The van der Waals surface area contributed by atoms with Gasteiger partial charge in [0.1, 0.15) is 11.6 Å². The molecular weight excluding hydrogens is 424 g/mol. The Balaban J connectivity index is 1.41. The van der Waals surface area contributed by atoms with Gasteiger partial charge in [-0.1, -0.05) is 24.3 Å². The zero-order valence-electron chi connectivity index (χ0n) is 17.7. The van der Waals surface area contributed by atoms with Gasteiger partial charge in [0.25, 0.3) is 0 Å². The number of halogens is 2. The van der Waals surface area contributed by atoms with Crippen LogP contribution in [0.15, 0.2) is 66.2 Å². The summed E-state index contributed by atoms with van der Waals surface area (Å²) in [6.45, 7) is 2.99. The van der Waals surface area contributed by atoms with Crippen LogP contribution in [0.25, 0.3) is 21.3 Å². The van der Waals surface area contributed by atoms with Gasteiger partial charge >= 0.3 is 0 Å². The third-order valence-corrected chi connectivity index (χ3v) is 6.87. The topological polar surface area (TPSA) is 28.2 Å². The van der Waals surface area contributed by atoms with Gasteiger partial charge in [-0.05, 0) is 72.5 Å². The van der Waals surface area contributed by atoms with E-state index < -0.39 is 0 Å². The van der Waals surface area contributed by atoms with E-state index in [-0.39, 0.29) is 11.6 Å². The van der Waals surface area contributed by atoms with Gasteiger partial charge in [-0.2, -0.15) is 0 Å². The summed E-state index contributed by atoms with van der Waals surface area (Å²) >= 11 is 1.61. The number of rotatable bonds is 7. The Morgan fingerprint density at radius 1 is 0.969 bits per heavy atom. The van der Waals surface area contributed by atoms with Crippen LogP contribution in [0, 0.1) is 11.6 Å².